The van der Waals surface area contributed by atoms with Crippen molar-refractivity contribution in [1.29, 1.82) is 0 Å². The minimum Gasteiger partial charge on any atom is -0.381 e. The Hall–Kier alpha value is -1.46. The van der Waals surface area contributed by atoms with E-state index in [1.54, 1.807) is 6.20 Å². The molecule has 0 unspecified atom stereocenters. The molecule has 3 fully saturated rings. The number of carbonyl (C=O) groups excluding carboxylic acids is 1. The highest BCUT2D eigenvalue weighted by Crippen LogP contribution is 2.36. The number of rotatable bonds is 5. The first kappa shape index (κ1) is 16.0. The van der Waals surface area contributed by atoms with Gasteiger partial charge in [-0.1, -0.05) is 6.07 Å². The number of pyridine rings is 1. The SMILES string of the molecule is CO[C@H]1CCN(C(=O)Cc2ccccn2)[C@@H]2CN(CC3CC3)C[C@H]12. The molecule has 0 spiro atoms. The van der Waals surface area contributed by atoms with Crippen molar-refractivity contribution in [3.8, 4) is 0 Å². The van der Waals surface area contributed by atoms with Crippen LogP contribution in [-0.4, -0.2) is 66.1 Å². The molecular weight excluding hydrogens is 302 g/mol. The van der Waals surface area contributed by atoms with Crippen molar-refractivity contribution in [3.63, 3.8) is 0 Å². The number of fused-ring (bicyclic) bond motifs is 1. The summed E-state index contributed by atoms with van der Waals surface area (Å²) in [5.74, 6) is 1.56. The second-order valence-corrected chi connectivity index (χ2v) is 7.54. The molecule has 130 valence electrons. The Bertz CT molecular complexity index is 575. The second kappa shape index (κ2) is 6.81. The van der Waals surface area contributed by atoms with Gasteiger partial charge in [0.15, 0.2) is 0 Å². The van der Waals surface area contributed by atoms with E-state index in [4.69, 9.17) is 4.74 Å². The molecule has 0 N–H and O–H groups in total. The maximum Gasteiger partial charge on any atom is 0.228 e. The molecule has 1 aliphatic carbocycles. The van der Waals surface area contributed by atoms with Crippen LogP contribution in [0.1, 0.15) is 25.0 Å². The number of hydrogen-bond donors (Lipinski definition) is 0. The predicted octanol–water partition coefficient (Wildman–Crippen LogP) is 1.58. The van der Waals surface area contributed by atoms with Gasteiger partial charge in [-0.05, 0) is 37.3 Å². The molecule has 1 aromatic heterocycles. The van der Waals surface area contributed by atoms with Crippen LogP contribution in [0.4, 0.5) is 0 Å². The summed E-state index contributed by atoms with van der Waals surface area (Å²) >= 11 is 0. The first-order chi connectivity index (χ1) is 11.7. The van der Waals surface area contributed by atoms with Crippen LogP contribution >= 0.6 is 0 Å². The molecule has 0 radical (unpaired) electrons. The topological polar surface area (TPSA) is 45.7 Å². The lowest BCUT2D eigenvalue weighted by Crippen LogP contribution is -2.54. The van der Waals surface area contributed by atoms with Crippen LogP contribution in [0.25, 0.3) is 0 Å². The summed E-state index contributed by atoms with van der Waals surface area (Å²) in [6.45, 7) is 4.09. The van der Waals surface area contributed by atoms with Crippen molar-refractivity contribution in [2.75, 3.05) is 33.3 Å². The van der Waals surface area contributed by atoms with Crippen molar-refractivity contribution in [2.24, 2.45) is 11.8 Å². The molecule has 2 saturated heterocycles. The zero-order valence-electron chi connectivity index (χ0n) is 14.4. The van der Waals surface area contributed by atoms with Crippen molar-refractivity contribution in [1.82, 2.24) is 14.8 Å². The van der Waals surface area contributed by atoms with Crippen LogP contribution in [0.5, 0.6) is 0 Å². The van der Waals surface area contributed by atoms with Gasteiger partial charge in [-0.25, -0.2) is 0 Å². The van der Waals surface area contributed by atoms with Gasteiger partial charge in [-0.15, -0.1) is 0 Å². The lowest BCUT2D eigenvalue weighted by atomic mass is 9.88. The zero-order chi connectivity index (χ0) is 16.5. The van der Waals surface area contributed by atoms with Crippen LogP contribution < -0.4 is 0 Å². The number of aromatic nitrogens is 1. The molecule has 1 aromatic rings. The number of ether oxygens (including phenoxy) is 1. The minimum atomic E-state index is 0.214. The highest BCUT2D eigenvalue weighted by Gasteiger charge is 2.46. The standard InChI is InChI=1S/C19H27N3O2/c1-24-18-7-9-22(19(23)10-15-4-2-3-8-20-15)17-13-21(12-16(17)18)11-14-5-6-14/h2-4,8,14,16-18H,5-7,9-13H2,1H3/t16-,17+,18-/m0/s1. The van der Waals surface area contributed by atoms with Crippen LogP contribution in [0.2, 0.25) is 0 Å². The average Bonchev–Trinajstić information content (AvgIpc) is 3.31. The second-order valence-electron chi connectivity index (χ2n) is 7.54. The average molecular weight is 329 g/mol. The Morgan fingerprint density at radius 1 is 1.29 bits per heavy atom. The maximum atomic E-state index is 12.9. The van der Waals surface area contributed by atoms with E-state index in [0.717, 1.165) is 37.7 Å². The zero-order valence-corrected chi connectivity index (χ0v) is 14.4. The minimum absolute atomic E-state index is 0.214. The Balaban J connectivity index is 1.45. The summed E-state index contributed by atoms with van der Waals surface area (Å²) in [6, 6.07) is 6.08. The summed E-state index contributed by atoms with van der Waals surface area (Å²) in [5.41, 5.74) is 0.862. The molecule has 2 aliphatic heterocycles. The molecule has 5 nitrogen and oxygen atoms in total. The number of carbonyl (C=O) groups is 1. The third-order valence-electron chi connectivity index (χ3n) is 5.84. The van der Waals surface area contributed by atoms with Gasteiger partial charge in [-0.2, -0.15) is 0 Å². The summed E-state index contributed by atoms with van der Waals surface area (Å²) in [4.78, 5) is 21.9. The first-order valence-corrected chi connectivity index (χ1v) is 9.19. The van der Waals surface area contributed by atoms with E-state index in [1.165, 1.54) is 19.4 Å². The van der Waals surface area contributed by atoms with E-state index >= 15 is 0 Å². The lowest BCUT2D eigenvalue weighted by Gasteiger charge is -2.41. The highest BCUT2D eigenvalue weighted by molar-refractivity contribution is 5.79. The molecule has 3 aliphatic rings. The van der Waals surface area contributed by atoms with Gasteiger partial charge < -0.3 is 14.5 Å². The molecule has 5 heteroatoms. The van der Waals surface area contributed by atoms with Crippen LogP contribution in [0.15, 0.2) is 24.4 Å². The summed E-state index contributed by atoms with van der Waals surface area (Å²) < 4.78 is 5.74. The van der Waals surface area contributed by atoms with E-state index in [0.29, 0.717) is 18.4 Å². The van der Waals surface area contributed by atoms with E-state index in [1.807, 2.05) is 25.3 Å². The number of methoxy groups -OCH3 is 1. The van der Waals surface area contributed by atoms with Crippen LogP contribution in [0, 0.1) is 11.8 Å². The van der Waals surface area contributed by atoms with Gasteiger partial charge in [0, 0.05) is 51.1 Å². The molecule has 1 saturated carbocycles. The Morgan fingerprint density at radius 2 is 2.17 bits per heavy atom. The summed E-state index contributed by atoms with van der Waals surface area (Å²) in [7, 11) is 1.82. The van der Waals surface area contributed by atoms with E-state index in [-0.39, 0.29) is 12.0 Å². The van der Waals surface area contributed by atoms with Crippen LogP contribution in [-0.2, 0) is 16.0 Å². The van der Waals surface area contributed by atoms with Gasteiger partial charge in [-0.3, -0.25) is 9.78 Å². The normalized spacial score (nSPS) is 30.4. The maximum absolute atomic E-state index is 12.9. The Morgan fingerprint density at radius 3 is 2.88 bits per heavy atom. The number of nitrogens with zero attached hydrogens (tertiary/aromatic N) is 3. The molecule has 0 aromatic carbocycles. The van der Waals surface area contributed by atoms with Crippen molar-refractivity contribution in [2.45, 2.75) is 37.8 Å². The van der Waals surface area contributed by atoms with E-state index < -0.39 is 0 Å². The van der Waals surface area contributed by atoms with Gasteiger partial charge in [0.1, 0.15) is 0 Å². The van der Waals surface area contributed by atoms with Gasteiger partial charge in [0.2, 0.25) is 5.91 Å². The summed E-state index contributed by atoms with van der Waals surface area (Å²) in [5, 5.41) is 0. The summed E-state index contributed by atoms with van der Waals surface area (Å²) in [6.07, 6.45) is 6.16. The van der Waals surface area contributed by atoms with Crippen LogP contribution in [0.3, 0.4) is 0 Å². The van der Waals surface area contributed by atoms with Gasteiger partial charge in [0.25, 0.3) is 0 Å². The predicted molar refractivity (Wildman–Crippen MR) is 91.5 cm³/mol. The molecule has 24 heavy (non-hydrogen) atoms. The smallest absolute Gasteiger partial charge is 0.228 e. The molecule has 0 bridgehead atoms. The Kier molecular flexibility index (Phi) is 4.55. The highest BCUT2D eigenvalue weighted by atomic mass is 16.5. The lowest BCUT2D eigenvalue weighted by molar-refractivity contribution is -0.138. The van der Waals surface area contributed by atoms with Crippen molar-refractivity contribution >= 4 is 5.91 Å². The fraction of sp³-hybridized carbons (Fsp3) is 0.684. The number of amides is 1. The van der Waals surface area contributed by atoms with Crippen molar-refractivity contribution < 1.29 is 9.53 Å². The number of hydrogen-bond acceptors (Lipinski definition) is 4. The molecule has 1 amide bonds. The third kappa shape index (κ3) is 3.33. The van der Waals surface area contributed by atoms with Gasteiger partial charge in [0.05, 0.1) is 18.6 Å². The quantitative estimate of drug-likeness (QED) is 0.823. The Labute approximate surface area is 144 Å². The third-order valence-corrected chi connectivity index (χ3v) is 5.84. The first-order valence-electron chi connectivity index (χ1n) is 9.19. The van der Waals surface area contributed by atoms with Crippen molar-refractivity contribution in [3.05, 3.63) is 30.1 Å². The fourth-order valence-corrected chi connectivity index (χ4v) is 4.41. The van der Waals surface area contributed by atoms with E-state index in [2.05, 4.69) is 14.8 Å². The van der Waals surface area contributed by atoms with E-state index in [9.17, 15) is 4.79 Å². The monoisotopic (exact) mass is 329 g/mol. The number of likely N-dealkylation sites (tertiary alicyclic amines) is 2. The fourth-order valence-electron chi connectivity index (χ4n) is 4.41. The molecule has 3 heterocycles. The number of piperidine rings is 1. The van der Waals surface area contributed by atoms with Gasteiger partial charge >= 0.3 is 0 Å². The molecule has 3 atom stereocenters. The largest absolute Gasteiger partial charge is 0.381 e. The molecule has 4 rings (SSSR count). The molecular formula is C19H27N3O2.